The van der Waals surface area contributed by atoms with E-state index < -0.39 is 6.10 Å². The van der Waals surface area contributed by atoms with Crippen molar-refractivity contribution < 1.29 is 9.90 Å². The molecule has 0 radical (unpaired) electrons. The summed E-state index contributed by atoms with van der Waals surface area (Å²) in [5.74, 6) is 0.127. The lowest BCUT2D eigenvalue weighted by Crippen LogP contribution is -2.43. The van der Waals surface area contributed by atoms with Crippen LogP contribution in [0, 0.1) is 11.3 Å². The number of hydrogen-bond acceptors (Lipinski definition) is 3. The van der Waals surface area contributed by atoms with E-state index in [1.807, 2.05) is 39.8 Å². The lowest BCUT2D eigenvalue weighted by Gasteiger charge is -2.33. The second-order valence-corrected chi connectivity index (χ2v) is 5.99. The summed E-state index contributed by atoms with van der Waals surface area (Å²) in [6, 6.07) is 3.69. The minimum atomic E-state index is -0.439. The van der Waals surface area contributed by atoms with Crippen LogP contribution >= 0.6 is 0 Å². The van der Waals surface area contributed by atoms with Crippen LogP contribution in [0.15, 0.2) is 24.5 Å². The van der Waals surface area contributed by atoms with Gasteiger partial charge in [-0.25, -0.2) is 0 Å². The molecular weight excluding hydrogens is 240 g/mol. The first-order valence-corrected chi connectivity index (χ1v) is 6.66. The Bertz CT molecular complexity index is 402. The highest BCUT2D eigenvalue weighted by molar-refractivity contribution is 5.78. The number of carbonyl (C=O) groups excluding carboxylic acids is 1. The van der Waals surface area contributed by atoms with Crippen molar-refractivity contribution in [2.24, 2.45) is 11.3 Å². The molecule has 0 aliphatic carbocycles. The van der Waals surface area contributed by atoms with Gasteiger partial charge >= 0.3 is 0 Å². The van der Waals surface area contributed by atoms with Crippen LogP contribution in [0.2, 0.25) is 0 Å². The van der Waals surface area contributed by atoms with Crippen molar-refractivity contribution in [3.63, 3.8) is 0 Å². The first kappa shape index (κ1) is 15.6. The molecule has 1 atom stereocenters. The van der Waals surface area contributed by atoms with Crippen molar-refractivity contribution in [1.29, 1.82) is 0 Å². The average molecular weight is 264 g/mol. The maximum absolute atomic E-state index is 11.8. The van der Waals surface area contributed by atoms with Gasteiger partial charge in [0.25, 0.3) is 0 Å². The Kier molecular flexibility index (Phi) is 5.48. The molecule has 2 N–H and O–H groups in total. The lowest BCUT2D eigenvalue weighted by atomic mass is 9.80. The molecule has 1 rings (SSSR count). The van der Waals surface area contributed by atoms with Crippen LogP contribution < -0.4 is 5.32 Å². The summed E-state index contributed by atoms with van der Waals surface area (Å²) in [6.45, 7) is 8.34. The number of amides is 1. The molecule has 1 heterocycles. The minimum Gasteiger partial charge on any atom is -0.392 e. The summed E-state index contributed by atoms with van der Waals surface area (Å²) in [7, 11) is 0. The van der Waals surface area contributed by atoms with Gasteiger partial charge in [-0.05, 0) is 17.5 Å². The summed E-state index contributed by atoms with van der Waals surface area (Å²) in [6.07, 6.45) is 3.25. The summed E-state index contributed by atoms with van der Waals surface area (Å²) in [5.41, 5.74) is 0.556. The monoisotopic (exact) mass is 264 g/mol. The topological polar surface area (TPSA) is 62.2 Å². The maximum atomic E-state index is 11.8. The first-order valence-electron chi connectivity index (χ1n) is 6.66. The molecule has 106 valence electrons. The SMILES string of the molecule is CC(C)C(O)C(C)(C)CNC(=O)Cc1cccnc1. The number of hydrogen-bond donors (Lipinski definition) is 2. The van der Waals surface area contributed by atoms with Crippen molar-refractivity contribution in [3.05, 3.63) is 30.1 Å². The predicted octanol–water partition coefficient (Wildman–Crippen LogP) is 1.78. The highest BCUT2D eigenvalue weighted by Crippen LogP contribution is 2.25. The first-order chi connectivity index (χ1) is 8.83. The van der Waals surface area contributed by atoms with Crippen LogP contribution in [0.5, 0.6) is 0 Å². The van der Waals surface area contributed by atoms with Gasteiger partial charge in [0.1, 0.15) is 0 Å². The van der Waals surface area contributed by atoms with Crippen LogP contribution in [0.1, 0.15) is 33.3 Å². The van der Waals surface area contributed by atoms with Gasteiger partial charge in [-0.1, -0.05) is 33.8 Å². The Hall–Kier alpha value is -1.42. The van der Waals surface area contributed by atoms with Crippen LogP contribution in [-0.2, 0) is 11.2 Å². The zero-order valence-electron chi connectivity index (χ0n) is 12.2. The maximum Gasteiger partial charge on any atom is 0.224 e. The molecule has 1 aromatic heterocycles. The van der Waals surface area contributed by atoms with E-state index in [1.54, 1.807) is 12.4 Å². The van der Waals surface area contributed by atoms with Crippen LogP contribution in [-0.4, -0.2) is 28.6 Å². The van der Waals surface area contributed by atoms with E-state index >= 15 is 0 Å². The van der Waals surface area contributed by atoms with Crippen LogP contribution in [0.3, 0.4) is 0 Å². The molecule has 0 fully saturated rings. The average Bonchev–Trinajstić information content (AvgIpc) is 2.36. The molecule has 0 spiro atoms. The van der Waals surface area contributed by atoms with Gasteiger partial charge in [0.2, 0.25) is 5.91 Å². The number of nitrogens with zero attached hydrogens (tertiary/aromatic N) is 1. The summed E-state index contributed by atoms with van der Waals surface area (Å²) >= 11 is 0. The highest BCUT2D eigenvalue weighted by atomic mass is 16.3. The molecule has 4 heteroatoms. The molecule has 1 amide bonds. The third-order valence-corrected chi connectivity index (χ3v) is 3.26. The minimum absolute atomic E-state index is 0.0444. The molecular formula is C15H24N2O2. The van der Waals surface area contributed by atoms with Crippen LogP contribution in [0.25, 0.3) is 0 Å². The Labute approximate surface area is 115 Å². The Morgan fingerprint density at radius 2 is 2.16 bits per heavy atom. The largest absolute Gasteiger partial charge is 0.392 e. The van der Waals surface area contributed by atoms with Crippen LogP contribution in [0.4, 0.5) is 0 Å². The molecule has 0 bridgehead atoms. The second kappa shape index (κ2) is 6.66. The third kappa shape index (κ3) is 4.99. The Balaban J connectivity index is 2.46. The lowest BCUT2D eigenvalue weighted by molar-refractivity contribution is -0.121. The van der Waals surface area contributed by atoms with Crippen molar-refractivity contribution in [1.82, 2.24) is 10.3 Å². The third-order valence-electron chi connectivity index (χ3n) is 3.26. The molecule has 19 heavy (non-hydrogen) atoms. The van der Waals surface area contributed by atoms with Gasteiger partial charge in [-0.15, -0.1) is 0 Å². The number of nitrogens with one attached hydrogen (secondary N) is 1. The number of aliphatic hydroxyl groups excluding tert-OH is 1. The summed E-state index contributed by atoms with van der Waals surface area (Å²) < 4.78 is 0. The number of aliphatic hydroxyl groups is 1. The van der Waals surface area contributed by atoms with Crippen molar-refractivity contribution in [3.8, 4) is 0 Å². The number of pyridine rings is 1. The molecule has 0 saturated carbocycles. The zero-order chi connectivity index (χ0) is 14.5. The van der Waals surface area contributed by atoms with E-state index in [4.69, 9.17) is 0 Å². The number of aromatic nitrogens is 1. The fourth-order valence-corrected chi connectivity index (χ4v) is 2.08. The normalized spacial score (nSPS) is 13.4. The quantitative estimate of drug-likeness (QED) is 0.823. The summed E-state index contributed by atoms with van der Waals surface area (Å²) in [4.78, 5) is 15.8. The smallest absolute Gasteiger partial charge is 0.224 e. The molecule has 1 unspecified atom stereocenters. The Morgan fingerprint density at radius 1 is 1.47 bits per heavy atom. The molecule has 1 aromatic rings. The highest BCUT2D eigenvalue weighted by Gasteiger charge is 2.30. The van der Waals surface area contributed by atoms with Gasteiger partial charge in [0.05, 0.1) is 12.5 Å². The van der Waals surface area contributed by atoms with Gasteiger partial charge in [0.15, 0.2) is 0 Å². The van der Waals surface area contributed by atoms with Gasteiger partial charge in [0, 0.05) is 24.4 Å². The van der Waals surface area contributed by atoms with Gasteiger partial charge in [-0.3, -0.25) is 9.78 Å². The predicted molar refractivity (Wildman–Crippen MR) is 75.6 cm³/mol. The van der Waals surface area contributed by atoms with E-state index in [-0.39, 0.29) is 17.2 Å². The fraction of sp³-hybridized carbons (Fsp3) is 0.600. The molecule has 4 nitrogen and oxygen atoms in total. The van der Waals surface area contributed by atoms with Crippen molar-refractivity contribution in [2.45, 2.75) is 40.2 Å². The molecule has 0 aliphatic rings. The van der Waals surface area contributed by atoms with E-state index in [0.717, 1.165) is 5.56 Å². The summed E-state index contributed by atoms with van der Waals surface area (Å²) in [5, 5.41) is 13.0. The van der Waals surface area contributed by atoms with Crippen molar-refractivity contribution in [2.75, 3.05) is 6.54 Å². The van der Waals surface area contributed by atoms with E-state index in [9.17, 15) is 9.90 Å². The van der Waals surface area contributed by atoms with E-state index in [0.29, 0.717) is 13.0 Å². The van der Waals surface area contributed by atoms with E-state index in [1.165, 1.54) is 0 Å². The van der Waals surface area contributed by atoms with E-state index in [2.05, 4.69) is 10.3 Å². The van der Waals surface area contributed by atoms with Crippen molar-refractivity contribution >= 4 is 5.91 Å². The molecule has 0 saturated heterocycles. The Morgan fingerprint density at radius 3 is 2.68 bits per heavy atom. The second-order valence-electron chi connectivity index (χ2n) is 5.99. The molecule has 0 aliphatic heterocycles. The van der Waals surface area contributed by atoms with Gasteiger partial charge in [-0.2, -0.15) is 0 Å². The number of carbonyl (C=O) groups is 1. The zero-order valence-corrected chi connectivity index (χ0v) is 12.2. The fourth-order valence-electron chi connectivity index (χ4n) is 2.08. The standard InChI is InChI=1S/C15H24N2O2/c1-11(2)14(19)15(3,4)10-17-13(18)8-12-6-5-7-16-9-12/h5-7,9,11,14,19H,8,10H2,1-4H3,(H,17,18). The molecule has 0 aromatic carbocycles. The number of rotatable bonds is 6. The van der Waals surface area contributed by atoms with Gasteiger partial charge < -0.3 is 10.4 Å².